The molecule has 4 nitrogen and oxygen atoms in total. The molecular formula is C23H32F3NO3S. The van der Waals surface area contributed by atoms with Crippen LogP contribution in [0.15, 0.2) is 29.2 Å². The number of halogens is 3. The molecule has 1 N–H and O–H groups in total. The number of ketones is 1. The predicted octanol–water partition coefficient (Wildman–Crippen LogP) is 5.02. The van der Waals surface area contributed by atoms with Gasteiger partial charge < -0.3 is 5.32 Å². The van der Waals surface area contributed by atoms with Gasteiger partial charge in [0.05, 0.1) is 15.2 Å². The molecular weight excluding hydrogens is 427 g/mol. The summed E-state index contributed by atoms with van der Waals surface area (Å²) in [6.45, 7) is 5.03. The van der Waals surface area contributed by atoms with Crippen LogP contribution in [0.3, 0.4) is 0 Å². The molecule has 1 aliphatic heterocycles. The van der Waals surface area contributed by atoms with Crippen LogP contribution in [0, 0.1) is 17.8 Å². The smallest absolute Gasteiger partial charge is 0.317 e. The first kappa shape index (κ1) is 24.2. The lowest BCUT2D eigenvalue weighted by molar-refractivity contribution is -0.137. The minimum absolute atomic E-state index is 0.0998. The van der Waals surface area contributed by atoms with E-state index in [0.29, 0.717) is 18.1 Å². The first-order valence-corrected chi connectivity index (χ1v) is 12.6. The van der Waals surface area contributed by atoms with Crippen LogP contribution in [0.2, 0.25) is 0 Å². The number of nitrogens with one attached hydrogen (secondary N) is 1. The lowest BCUT2D eigenvalue weighted by Crippen LogP contribution is -2.46. The maximum atomic E-state index is 13.1. The number of carbonyl (C=O) groups is 1. The fraction of sp³-hybridized carbons (Fsp3) is 0.696. The largest absolute Gasteiger partial charge is 0.416 e. The number of sulfone groups is 1. The standard InChI is InChI=1S/C23H32F3NO3S/c1-22(2,31(29,30)20-7-4-6-18(15-20)23(24,25)26)19-13-16(14-19)5-3-8-21(28)17-9-11-27-12-10-17/h4,6-7,15-17,19,27H,3,5,8-14H2,1-2H3. The second-order valence-corrected chi connectivity index (χ2v) is 12.1. The summed E-state index contributed by atoms with van der Waals surface area (Å²) in [5.41, 5.74) is -0.950. The number of rotatable bonds is 8. The molecule has 2 aliphatic rings. The van der Waals surface area contributed by atoms with E-state index in [4.69, 9.17) is 0 Å². The van der Waals surface area contributed by atoms with E-state index < -0.39 is 26.3 Å². The van der Waals surface area contributed by atoms with Gasteiger partial charge in [0, 0.05) is 12.3 Å². The first-order valence-electron chi connectivity index (χ1n) is 11.1. The van der Waals surface area contributed by atoms with Crippen LogP contribution in [0.5, 0.6) is 0 Å². The maximum Gasteiger partial charge on any atom is 0.416 e. The van der Waals surface area contributed by atoms with E-state index in [1.807, 2.05) is 0 Å². The van der Waals surface area contributed by atoms with E-state index in [1.165, 1.54) is 6.07 Å². The average Bonchev–Trinajstić information content (AvgIpc) is 2.69. The minimum Gasteiger partial charge on any atom is -0.317 e. The Balaban J connectivity index is 1.53. The summed E-state index contributed by atoms with van der Waals surface area (Å²) in [5.74, 6) is 0.788. The van der Waals surface area contributed by atoms with Gasteiger partial charge in [-0.1, -0.05) is 12.5 Å². The number of alkyl halides is 3. The molecule has 1 aromatic carbocycles. The number of hydrogen-bond acceptors (Lipinski definition) is 4. The maximum absolute atomic E-state index is 13.1. The van der Waals surface area contributed by atoms with Crippen LogP contribution in [-0.2, 0) is 20.8 Å². The highest BCUT2D eigenvalue weighted by Crippen LogP contribution is 2.48. The van der Waals surface area contributed by atoms with Crippen molar-refractivity contribution in [1.29, 1.82) is 0 Å². The number of benzene rings is 1. The molecule has 0 radical (unpaired) electrons. The Morgan fingerprint density at radius 1 is 1.13 bits per heavy atom. The molecule has 2 fully saturated rings. The molecule has 3 rings (SSSR count). The van der Waals surface area contributed by atoms with Gasteiger partial charge in [0.25, 0.3) is 0 Å². The molecule has 1 saturated heterocycles. The predicted molar refractivity (Wildman–Crippen MR) is 113 cm³/mol. The van der Waals surface area contributed by atoms with Gasteiger partial charge in [-0.2, -0.15) is 13.2 Å². The molecule has 1 aliphatic carbocycles. The number of Topliss-reactive ketones (excluding diaryl/α,β-unsaturated/α-hetero) is 1. The zero-order chi connectivity index (χ0) is 22.9. The van der Waals surface area contributed by atoms with E-state index in [9.17, 15) is 26.4 Å². The van der Waals surface area contributed by atoms with Crippen molar-refractivity contribution in [3.63, 3.8) is 0 Å². The summed E-state index contributed by atoms with van der Waals surface area (Å²) in [5, 5.41) is 3.26. The highest BCUT2D eigenvalue weighted by molar-refractivity contribution is 7.92. The molecule has 8 heteroatoms. The van der Waals surface area contributed by atoms with Crippen molar-refractivity contribution in [2.75, 3.05) is 13.1 Å². The second kappa shape index (κ2) is 9.22. The van der Waals surface area contributed by atoms with Gasteiger partial charge in [0.1, 0.15) is 5.78 Å². The van der Waals surface area contributed by atoms with E-state index in [2.05, 4.69) is 5.32 Å². The summed E-state index contributed by atoms with van der Waals surface area (Å²) in [4.78, 5) is 12.0. The fourth-order valence-electron chi connectivity index (χ4n) is 4.81. The first-order chi connectivity index (χ1) is 14.4. The molecule has 174 valence electrons. The van der Waals surface area contributed by atoms with Crippen molar-refractivity contribution in [3.05, 3.63) is 29.8 Å². The van der Waals surface area contributed by atoms with Crippen LogP contribution in [0.1, 0.15) is 64.4 Å². The van der Waals surface area contributed by atoms with E-state index >= 15 is 0 Å². The van der Waals surface area contributed by atoms with E-state index in [1.54, 1.807) is 13.8 Å². The zero-order valence-corrected chi connectivity index (χ0v) is 19.0. The van der Waals surface area contributed by atoms with Crippen molar-refractivity contribution in [2.24, 2.45) is 17.8 Å². The van der Waals surface area contributed by atoms with Gasteiger partial charge in [0.15, 0.2) is 9.84 Å². The summed E-state index contributed by atoms with van der Waals surface area (Å²) in [7, 11) is -3.91. The van der Waals surface area contributed by atoms with Crippen LogP contribution >= 0.6 is 0 Å². The Morgan fingerprint density at radius 3 is 2.39 bits per heavy atom. The van der Waals surface area contributed by atoms with Crippen LogP contribution in [0.25, 0.3) is 0 Å². The zero-order valence-electron chi connectivity index (χ0n) is 18.2. The van der Waals surface area contributed by atoms with Gasteiger partial charge >= 0.3 is 6.18 Å². The Hall–Kier alpha value is -1.41. The molecule has 0 unspecified atom stereocenters. The van der Waals surface area contributed by atoms with Crippen molar-refractivity contribution < 1.29 is 26.4 Å². The Kier molecular flexibility index (Phi) is 7.21. The van der Waals surface area contributed by atoms with Gasteiger partial charge in [-0.15, -0.1) is 0 Å². The van der Waals surface area contributed by atoms with Crippen molar-refractivity contribution >= 4 is 15.6 Å². The fourth-order valence-corrected chi connectivity index (χ4v) is 6.59. The third kappa shape index (κ3) is 5.33. The lowest BCUT2D eigenvalue weighted by Gasteiger charge is -2.45. The quantitative estimate of drug-likeness (QED) is 0.593. The number of piperidine rings is 1. The summed E-state index contributed by atoms with van der Waals surface area (Å²) in [6, 6.07) is 4.01. The van der Waals surface area contributed by atoms with E-state index in [-0.39, 0.29) is 16.7 Å². The molecule has 0 amide bonds. The molecule has 1 aromatic rings. The van der Waals surface area contributed by atoms with Crippen molar-refractivity contribution in [3.8, 4) is 0 Å². The summed E-state index contributed by atoms with van der Waals surface area (Å²) >= 11 is 0. The average molecular weight is 460 g/mol. The molecule has 0 spiro atoms. The van der Waals surface area contributed by atoms with Crippen LogP contribution < -0.4 is 5.32 Å². The lowest BCUT2D eigenvalue weighted by atomic mass is 9.67. The summed E-state index contributed by atoms with van der Waals surface area (Å²) in [6.07, 6.45) is 0.992. The van der Waals surface area contributed by atoms with Crippen LogP contribution in [0.4, 0.5) is 13.2 Å². The van der Waals surface area contributed by atoms with Gasteiger partial charge in [-0.3, -0.25) is 4.79 Å². The normalized spacial score (nSPS) is 23.4. The molecule has 1 heterocycles. The Bertz CT molecular complexity index is 884. The molecule has 0 atom stereocenters. The minimum atomic E-state index is -4.58. The Morgan fingerprint density at radius 2 is 1.77 bits per heavy atom. The van der Waals surface area contributed by atoms with Crippen LogP contribution in [-0.4, -0.2) is 32.0 Å². The highest BCUT2D eigenvalue weighted by Gasteiger charge is 2.48. The topological polar surface area (TPSA) is 63.2 Å². The van der Waals surface area contributed by atoms with Gasteiger partial charge in [0.2, 0.25) is 0 Å². The summed E-state index contributed by atoms with van der Waals surface area (Å²) < 4.78 is 64.2. The van der Waals surface area contributed by atoms with Gasteiger partial charge in [-0.25, -0.2) is 8.42 Å². The molecule has 0 aromatic heterocycles. The number of carbonyl (C=O) groups excluding carboxylic acids is 1. The monoisotopic (exact) mass is 459 g/mol. The Labute approximate surface area is 182 Å². The molecule has 31 heavy (non-hydrogen) atoms. The molecule has 1 saturated carbocycles. The van der Waals surface area contributed by atoms with Crippen molar-refractivity contribution in [1.82, 2.24) is 5.32 Å². The third-order valence-electron chi connectivity index (χ3n) is 7.21. The SMILES string of the molecule is CC(C)(C1CC(CCCC(=O)C2CCNCC2)C1)S(=O)(=O)c1cccc(C(F)(F)F)c1. The van der Waals surface area contributed by atoms with Gasteiger partial charge in [-0.05, 0) is 89.1 Å². The second-order valence-electron chi connectivity index (χ2n) is 9.55. The van der Waals surface area contributed by atoms with E-state index in [0.717, 1.165) is 69.8 Å². The number of hydrogen-bond donors (Lipinski definition) is 1. The molecule has 0 bridgehead atoms. The van der Waals surface area contributed by atoms with Crippen molar-refractivity contribution in [2.45, 2.75) is 74.6 Å². The highest BCUT2D eigenvalue weighted by atomic mass is 32.2. The third-order valence-corrected chi connectivity index (χ3v) is 9.81.